The molecule has 0 radical (unpaired) electrons. The third kappa shape index (κ3) is 2.26. The average Bonchev–Trinajstić information content (AvgIpc) is 2.95. The van der Waals surface area contributed by atoms with Gasteiger partial charge in [-0.1, -0.05) is 6.07 Å². The zero-order valence-electron chi connectivity index (χ0n) is 11.5. The third-order valence-electron chi connectivity index (χ3n) is 3.65. The fourth-order valence-corrected chi connectivity index (χ4v) is 2.64. The predicted molar refractivity (Wildman–Crippen MR) is 77.2 cm³/mol. The summed E-state index contributed by atoms with van der Waals surface area (Å²) in [4.78, 5) is 6.59. The molecule has 1 N–H and O–H groups in total. The monoisotopic (exact) mass is 267 g/mol. The van der Waals surface area contributed by atoms with Crippen molar-refractivity contribution in [1.29, 1.82) is 5.26 Å². The van der Waals surface area contributed by atoms with E-state index >= 15 is 0 Å². The second kappa shape index (κ2) is 5.35. The maximum absolute atomic E-state index is 9.38. The second-order valence-electron chi connectivity index (χ2n) is 4.95. The molecule has 0 aliphatic carbocycles. The predicted octanol–water partition coefficient (Wildman–Crippen LogP) is 1.49. The fraction of sp³-hybridized carbons (Fsp3) is 0.333. The molecular formula is C15H17N5. The number of anilines is 1. The van der Waals surface area contributed by atoms with E-state index in [4.69, 9.17) is 0 Å². The molecule has 0 saturated carbocycles. The molecule has 102 valence electrons. The van der Waals surface area contributed by atoms with Crippen LogP contribution in [0.3, 0.4) is 0 Å². The van der Waals surface area contributed by atoms with Crippen LogP contribution in [0.2, 0.25) is 0 Å². The minimum absolute atomic E-state index is 0.734. The topological polar surface area (TPSA) is 56.9 Å². The van der Waals surface area contributed by atoms with Crippen molar-refractivity contribution in [2.24, 2.45) is 0 Å². The molecule has 5 nitrogen and oxygen atoms in total. The first-order valence-electron chi connectivity index (χ1n) is 6.74. The molecule has 5 heteroatoms. The lowest BCUT2D eigenvalue weighted by Crippen LogP contribution is -2.34. The Balaban J connectivity index is 1.89. The highest BCUT2D eigenvalue weighted by atomic mass is 15.2. The number of aromatic nitrogens is 2. The number of benzene rings is 1. The van der Waals surface area contributed by atoms with E-state index in [9.17, 15) is 5.26 Å². The van der Waals surface area contributed by atoms with Gasteiger partial charge in [0.15, 0.2) is 0 Å². The first-order valence-corrected chi connectivity index (χ1v) is 6.74. The Morgan fingerprint density at radius 2 is 2.30 bits per heavy atom. The average molecular weight is 267 g/mol. The molecule has 2 heterocycles. The number of nitrogens with zero attached hydrogens (tertiary/aromatic N) is 4. The number of rotatable bonds is 3. The summed E-state index contributed by atoms with van der Waals surface area (Å²) in [5, 5.41) is 12.5. The van der Waals surface area contributed by atoms with E-state index < -0.39 is 0 Å². The van der Waals surface area contributed by atoms with Crippen LogP contribution >= 0.6 is 0 Å². The largest absolute Gasteiger partial charge is 0.361 e. The first-order chi connectivity index (χ1) is 9.81. The van der Waals surface area contributed by atoms with Gasteiger partial charge in [-0.3, -0.25) is 0 Å². The molecule has 0 spiro atoms. The summed E-state index contributed by atoms with van der Waals surface area (Å²) >= 11 is 0. The number of nitriles is 1. The zero-order valence-corrected chi connectivity index (χ0v) is 11.5. The van der Waals surface area contributed by atoms with Gasteiger partial charge in [-0.15, -0.1) is 0 Å². The Bertz CT molecular complexity index is 653. The molecule has 3 rings (SSSR count). The van der Waals surface area contributed by atoms with Gasteiger partial charge in [-0.05, 0) is 24.7 Å². The molecule has 0 fully saturated rings. The van der Waals surface area contributed by atoms with E-state index in [0.29, 0.717) is 0 Å². The van der Waals surface area contributed by atoms with Gasteiger partial charge in [-0.25, -0.2) is 4.98 Å². The molecule has 1 aliphatic heterocycles. The number of fused-ring (bicyclic) bond motifs is 1. The molecule has 20 heavy (non-hydrogen) atoms. The van der Waals surface area contributed by atoms with Crippen LogP contribution in [-0.4, -0.2) is 23.1 Å². The van der Waals surface area contributed by atoms with Crippen molar-refractivity contribution in [3.8, 4) is 6.07 Å². The maximum Gasteiger partial charge on any atom is 0.128 e. The molecule has 0 saturated heterocycles. The first kappa shape index (κ1) is 12.7. The van der Waals surface area contributed by atoms with Gasteiger partial charge in [0.25, 0.3) is 0 Å². The van der Waals surface area contributed by atoms with E-state index in [1.165, 1.54) is 0 Å². The molecule has 0 bridgehead atoms. The van der Waals surface area contributed by atoms with Crippen molar-refractivity contribution in [2.75, 3.05) is 18.5 Å². The quantitative estimate of drug-likeness (QED) is 0.915. The Kier molecular flexibility index (Phi) is 3.40. The van der Waals surface area contributed by atoms with Crippen LogP contribution in [0.4, 0.5) is 5.69 Å². The lowest BCUT2D eigenvalue weighted by atomic mass is 10.1. The highest BCUT2D eigenvalue weighted by Gasteiger charge is 2.19. The Hall–Kier alpha value is -2.32. The van der Waals surface area contributed by atoms with E-state index in [0.717, 1.165) is 48.8 Å². The number of nitrogens with one attached hydrogen (secondary N) is 1. The highest BCUT2D eigenvalue weighted by Crippen LogP contribution is 2.25. The van der Waals surface area contributed by atoms with Gasteiger partial charge in [0, 0.05) is 32.0 Å². The van der Waals surface area contributed by atoms with Gasteiger partial charge in [0.1, 0.15) is 11.9 Å². The summed E-state index contributed by atoms with van der Waals surface area (Å²) < 4.78 is 2.16. The van der Waals surface area contributed by atoms with Crippen molar-refractivity contribution in [3.05, 3.63) is 47.5 Å². The zero-order chi connectivity index (χ0) is 13.9. The molecule has 1 aromatic heterocycles. The summed E-state index contributed by atoms with van der Waals surface area (Å²) in [5.74, 6) is 1.06. The summed E-state index contributed by atoms with van der Waals surface area (Å²) in [7, 11) is 1.91. The van der Waals surface area contributed by atoms with E-state index in [1.54, 1.807) is 0 Å². The fourth-order valence-electron chi connectivity index (χ4n) is 2.64. The van der Waals surface area contributed by atoms with E-state index in [-0.39, 0.29) is 0 Å². The summed E-state index contributed by atoms with van der Waals surface area (Å²) in [6.07, 6.45) is 3.84. The molecule has 1 aliphatic rings. The van der Waals surface area contributed by atoms with Gasteiger partial charge >= 0.3 is 0 Å². The van der Waals surface area contributed by atoms with Gasteiger partial charge in [0.05, 0.1) is 17.8 Å². The minimum Gasteiger partial charge on any atom is -0.361 e. The van der Waals surface area contributed by atoms with Crippen molar-refractivity contribution in [1.82, 2.24) is 14.9 Å². The summed E-state index contributed by atoms with van der Waals surface area (Å²) in [6, 6.07) is 8.40. The van der Waals surface area contributed by atoms with Gasteiger partial charge in [-0.2, -0.15) is 5.26 Å². The smallest absolute Gasteiger partial charge is 0.128 e. The summed E-state index contributed by atoms with van der Waals surface area (Å²) in [6.45, 7) is 3.36. The highest BCUT2D eigenvalue weighted by molar-refractivity contribution is 5.60. The Labute approximate surface area is 118 Å². The van der Waals surface area contributed by atoms with Crippen LogP contribution < -0.4 is 10.2 Å². The summed E-state index contributed by atoms with van der Waals surface area (Å²) in [5.41, 5.74) is 2.87. The maximum atomic E-state index is 9.38. The normalized spacial score (nSPS) is 13.9. The van der Waals surface area contributed by atoms with Crippen LogP contribution in [0.1, 0.15) is 17.0 Å². The molecule has 2 aromatic rings. The molecule has 0 unspecified atom stereocenters. The lowest BCUT2D eigenvalue weighted by molar-refractivity contribution is 0.560. The van der Waals surface area contributed by atoms with Crippen LogP contribution in [0, 0.1) is 11.3 Å². The SMILES string of the molecule is CNCc1ccc(N2CCn3ccnc3C2)c(C#N)c1. The van der Waals surface area contributed by atoms with Crippen LogP contribution in [-0.2, 0) is 19.6 Å². The molecule has 1 aromatic carbocycles. The van der Waals surface area contributed by atoms with Crippen LogP contribution in [0.5, 0.6) is 0 Å². The van der Waals surface area contributed by atoms with E-state index in [2.05, 4.69) is 31.9 Å². The minimum atomic E-state index is 0.734. The van der Waals surface area contributed by atoms with Crippen LogP contribution in [0.25, 0.3) is 0 Å². The standard InChI is InChI=1S/C15H17N5/c1-17-10-12-2-3-14(13(8-12)9-16)20-7-6-19-5-4-18-15(19)11-20/h2-5,8,17H,6-7,10-11H2,1H3. The van der Waals surface area contributed by atoms with Gasteiger partial charge in [0.2, 0.25) is 0 Å². The lowest BCUT2D eigenvalue weighted by Gasteiger charge is -2.30. The molecule has 0 atom stereocenters. The van der Waals surface area contributed by atoms with E-state index in [1.807, 2.05) is 31.6 Å². The molecular weight excluding hydrogens is 250 g/mol. The van der Waals surface area contributed by atoms with Crippen molar-refractivity contribution in [3.63, 3.8) is 0 Å². The van der Waals surface area contributed by atoms with Gasteiger partial charge < -0.3 is 14.8 Å². The number of imidazole rings is 1. The number of hydrogen-bond acceptors (Lipinski definition) is 4. The third-order valence-corrected chi connectivity index (χ3v) is 3.65. The van der Waals surface area contributed by atoms with Crippen molar-refractivity contribution < 1.29 is 0 Å². The van der Waals surface area contributed by atoms with Crippen LogP contribution in [0.15, 0.2) is 30.6 Å². The Morgan fingerprint density at radius 1 is 1.40 bits per heavy atom. The Morgan fingerprint density at radius 3 is 3.10 bits per heavy atom. The second-order valence-corrected chi connectivity index (χ2v) is 4.95. The number of hydrogen-bond donors (Lipinski definition) is 1. The molecule has 0 amide bonds. The van der Waals surface area contributed by atoms with Crippen molar-refractivity contribution >= 4 is 5.69 Å². The van der Waals surface area contributed by atoms with Crippen molar-refractivity contribution in [2.45, 2.75) is 19.6 Å².